The average molecular weight is 308 g/mol. The highest BCUT2D eigenvalue weighted by Crippen LogP contribution is 2.20. The third-order valence-corrected chi connectivity index (χ3v) is 3.85. The van der Waals surface area contributed by atoms with Crippen molar-refractivity contribution in [1.29, 1.82) is 0 Å². The first kappa shape index (κ1) is 15.4. The molecule has 0 aliphatic carbocycles. The second kappa shape index (κ2) is 5.54. The topological polar surface area (TPSA) is 99.1 Å². The number of pyridine rings is 1. The van der Waals surface area contributed by atoms with Gasteiger partial charge in [0, 0.05) is 12.1 Å². The first-order valence-electron chi connectivity index (χ1n) is 4.95. The minimum Gasteiger partial charge on any atom is -0.397 e. The van der Waals surface area contributed by atoms with Gasteiger partial charge in [0.25, 0.3) is 0 Å². The first-order valence-corrected chi connectivity index (χ1v) is 6.60. The van der Waals surface area contributed by atoms with Gasteiger partial charge in [0.2, 0.25) is 9.84 Å². The number of anilines is 1. The molecule has 2 rings (SSSR count). The minimum atomic E-state index is -3.92. The average Bonchev–Trinajstić information content (AvgIpc) is 2.75. The van der Waals surface area contributed by atoms with Crippen LogP contribution in [0.4, 0.5) is 10.1 Å². The van der Waals surface area contributed by atoms with Crippen molar-refractivity contribution in [2.75, 3.05) is 5.73 Å². The van der Waals surface area contributed by atoms with E-state index < -0.39 is 26.4 Å². The molecule has 0 fully saturated rings. The van der Waals surface area contributed by atoms with Crippen LogP contribution in [0.2, 0.25) is 0 Å². The van der Waals surface area contributed by atoms with Gasteiger partial charge < -0.3 is 10.3 Å². The summed E-state index contributed by atoms with van der Waals surface area (Å²) in [6.07, 6.45) is 1.24. The molecule has 0 atom stereocenters. The predicted molar refractivity (Wildman–Crippen MR) is 68.0 cm³/mol. The molecule has 9 heteroatoms. The normalized spacial score (nSPS) is 11.1. The molecule has 0 saturated carbocycles. The van der Waals surface area contributed by atoms with Crippen LogP contribution in [0, 0.1) is 12.7 Å². The number of aromatic nitrogens is 2. The van der Waals surface area contributed by atoms with E-state index in [0.717, 1.165) is 6.07 Å². The van der Waals surface area contributed by atoms with E-state index in [1.807, 2.05) is 0 Å². The smallest absolute Gasteiger partial charge is 0.204 e. The molecule has 0 aliphatic heterocycles. The number of rotatable bonds is 3. The molecule has 0 saturated heterocycles. The molecule has 0 radical (unpaired) electrons. The lowest BCUT2D eigenvalue weighted by Crippen LogP contribution is -2.11. The molecule has 0 spiro atoms. The van der Waals surface area contributed by atoms with Crippen LogP contribution in [-0.2, 0) is 15.6 Å². The number of halogens is 2. The van der Waals surface area contributed by atoms with E-state index in [0.29, 0.717) is 0 Å². The van der Waals surface area contributed by atoms with Crippen LogP contribution >= 0.6 is 12.4 Å². The van der Waals surface area contributed by atoms with Gasteiger partial charge in [-0.2, -0.15) is 0 Å². The summed E-state index contributed by atoms with van der Waals surface area (Å²) in [7, 11) is -3.92. The Kier molecular flexibility index (Phi) is 4.48. The summed E-state index contributed by atoms with van der Waals surface area (Å²) >= 11 is 0. The molecule has 2 N–H and O–H groups in total. The Labute approximate surface area is 115 Å². The van der Waals surface area contributed by atoms with Crippen molar-refractivity contribution in [3.05, 3.63) is 35.6 Å². The van der Waals surface area contributed by atoms with E-state index in [2.05, 4.69) is 14.7 Å². The Balaban J connectivity index is 0.00000180. The van der Waals surface area contributed by atoms with Gasteiger partial charge in [0.15, 0.2) is 10.8 Å². The summed E-state index contributed by atoms with van der Waals surface area (Å²) in [6, 6.07) is 2.33. The highest BCUT2D eigenvalue weighted by atomic mass is 35.5. The van der Waals surface area contributed by atoms with Crippen LogP contribution in [-0.4, -0.2) is 18.6 Å². The summed E-state index contributed by atoms with van der Waals surface area (Å²) in [5.74, 6) is -1.45. The van der Waals surface area contributed by atoms with Crippen molar-refractivity contribution >= 4 is 27.9 Å². The monoisotopic (exact) mass is 307 g/mol. The molecule has 0 unspecified atom stereocenters. The molecule has 0 aliphatic rings. The summed E-state index contributed by atoms with van der Waals surface area (Å²) in [5.41, 5.74) is 5.99. The van der Waals surface area contributed by atoms with Crippen LogP contribution in [0.3, 0.4) is 0 Å². The van der Waals surface area contributed by atoms with Gasteiger partial charge in [-0.1, -0.05) is 5.16 Å². The lowest BCUT2D eigenvalue weighted by atomic mass is 10.3. The molecule has 6 nitrogen and oxygen atoms in total. The number of nitrogens with zero attached hydrogens (tertiary/aromatic N) is 2. The van der Waals surface area contributed by atoms with Gasteiger partial charge in [-0.25, -0.2) is 17.8 Å². The highest BCUT2D eigenvalue weighted by Gasteiger charge is 2.24. The minimum absolute atomic E-state index is 0. The van der Waals surface area contributed by atoms with Gasteiger partial charge in [0.05, 0.1) is 17.1 Å². The van der Waals surface area contributed by atoms with Crippen molar-refractivity contribution in [3.63, 3.8) is 0 Å². The Bertz CT molecular complexity index is 674. The SMILES string of the molecule is Cc1nc(S(=O)(=O)Cc2ccon2)c(F)cc1N.Cl. The Morgan fingerprint density at radius 1 is 1.47 bits per heavy atom. The molecule has 2 aromatic rings. The van der Waals surface area contributed by atoms with Crippen molar-refractivity contribution in [2.24, 2.45) is 0 Å². The van der Waals surface area contributed by atoms with E-state index in [1.165, 1.54) is 19.3 Å². The maximum absolute atomic E-state index is 13.6. The Morgan fingerprint density at radius 2 is 2.16 bits per heavy atom. The van der Waals surface area contributed by atoms with E-state index >= 15 is 0 Å². The molecular weight excluding hydrogens is 297 g/mol. The highest BCUT2D eigenvalue weighted by molar-refractivity contribution is 7.90. The largest absolute Gasteiger partial charge is 0.397 e. The molecule has 0 bridgehead atoms. The van der Waals surface area contributed by atoms with E-state index in [9.17, 15) is 12.8 Å². The Morgan fingerprint density at radius 3 is 2.74 bits per heavy atom. The fourth-order valence-corrected chi connectivity index (χ4v) is 2.67. The van der Waals surface area contributed by atoms with Crippen molar-refractivity contribution in [1.82, 2.24) is 10.1 Å². The fraction of sp³-hybridized carbons (Fsp3) is 0.200. The van der Waals surface area contributed by atoms with Gasteiger partial charge in [0.1, 0.15) is 12.0 Å². The number of nitrogen functional groups attached to an aromatic ring is 1. The van der Waals surface area contributed by atoms with E-state index in [-0.39, 0.29) is 29.5 Å². The van der Waals surface area contributed by atoms with Crippen LogP contribution in [0.15, 0.2) is 27.9 Å². The zero-order valence-electron chi connectivity index (χ0n) is 9.83. The third-order valence-electron chi connectivity index (χ3n) is 2.30. The second-order valence-corrected chi connectivity index (χ2v) is 5.60. The molecule has 2 heterocycles. The molecule has 2 aromatic heterocycles. The lowest BCUT2D eigenvalue weighted by Gasteiger charge is -2.06. The van der Waals surface area contributed by atoms with Crippen LogP contribution in [0.25, 0.3) is 0 Å². The summed E-state index contributed by atoms with van der Waals surface area (Å²) in [5, 5.41) is 2.84. The fourth-order valence-electron chi connectivity index (χ4n) is 1.37. The van der Waals surface area contributed by atoms with Crippen molar-refractivity contribution in [3.8, 4) is 0 Å². The third kappa shape index (κ3) is 3.21. The van der Waals surface area contributed by atoms with Gasteiger partial charge >= 0.3 is 0 Å². The van der Waals surface area contributed by atoms with Crippen LogP contribution in [0.5, 0.6) is 0 Å². The maximum Gasteiger partial charge on any atom is 0.204 e. The first-order chi connectivity index (χ1) is 8.40. The maximum atomic E-state index is 13.6. The molecule has 19 heavy (non-hydrogen) atoms. The zero-order valence-corrected chi connectivity index (χ0v) is 11.5. The summed E-state index contributed by atoms with van der Waals surface area (Å²) < 4.78 is 42.0. The molecule has 0 amide bonds. The molecular formula is C10H11ClFN3O3S. The van der Waals surface area contributed by atoms with Crippen LogP contribution in [0.1, 0.15) is 11.4 Å². The van der Waals surface area contributed by atoms with E-state index in [4.69, 9.17) is 5.73 Å². The number of aryl methyl sites for hydroxylation is 1. The standard InChI is InChI=1S/C10H10FN3O3S.ClH/c1-6-9(12)4-8(11)10(13-6)18(15,16)5-7-2-3-17-14-7;/h2-4H,5,12H2,1H3;1H. The summed E-state index contributed by atoms with van der Waals surface area (Å²) in [6.45, 7) is 1.50. The second-order valence-electron chi connectivity index (χ2n) is 3.70. The van der Waals surface area contributed by atoms with E-state index in [1.54, 1.807) is 0 Å². The van der Waals surface area contributed by atoms with Gasteiger partial charge in [-0.05, 0) is 6.92 Å². The van der Waals surface area contributed by atoms with Gasteiger partial charge in [-0.15, -0.1) is 12.4 Å². The summed E-state index contributed by atoms with van der Waals surface area (Å²) in [4.78, 5) is 3.68. The predicted octanol–water partition coefficient (Wildman–Crippen LogP) is 1.50. The number of hydrogen-bond acceptors (Lipinski definition) is 6. The van der Waals surface area contributed by atoms with Crippen molar-refractivity contribution in [2.45, 2.75) is 17.7 Å². The molecule has 0 aromatic carbocycles. The number of nitrogens with two attached hydrogens (primary N) is 1. The zero-order chi connectivity index (χ0) is 13.3. The van der Waals surface area contributed by atoms with Crippen molar-refractivity contribution < 1.29 is 17.3 Å². The quantitative estimate of drug-likeness (QED) is 0.922. The van der Waals surface area contributed by atoms with Crippen LogP contribution < -0.4 is 5.73 Å². The Hall–Kier alpha value is -1.67. The number of hydrogen-bond donors (Lipinski definition) is 1. The molecule has 104 valence electrons. The number of sulfone groups is 1. The lowest BCUT2D eigenvalue weighted by molar-refractivity contribution is 0.413. The van der Waals surface area contributed by atoms with Gasteiger partial charge in [-0.3, -0.25) is 0 Å².